The molecule has 0 aliphatic carbocycles. The number of aliphatic hydroxyl groups is 1. The van der Waals surface area contributed by atoms with Gasteiger partial charge >= 0.3 is 0 Å². The van der Waals surface area contributed by atoms with E-state index in [1.807, 2.05) is 34.9 Å². The number of rotatable bonds is 8. The number of carbonyl (C=O) groups is 2. The first-order valence-electron chi connectivity index (χ1n) is 11.2. The van der Waals surface area contributed by atoms with Gasteiger partial charge in [-0.2, -0.15) is 0 Å². The summed E-state index contributed by atoms with van der Waals surface area (Å²) in [6.07, 6.45) is 0.752. The number of benzene rings is 2. The van der Waals surface area contributed by atoms with Crippen molar-refractivity contribution < 1.29 is 24.3 Å². The van der Waals surface area contributed by atoms with Crippen molar-refractivity contribution in [3.63, 3.8) is 0 Å². The fraction of sp³-hybridized carbons (Fsp3) is 0.385. The summed E-state index contributed by atoms with van der Waals surface area (Å²) < 4.78 is 5.78. The molecule has 0 saturated carbocycles. The SMILES string of the molecule is Cc1cc(C(O)=C2C(=O)C(=O)N(CCC[NH+](C)C)[C@H]2c2ccc(Cl)cc2)ccc1OC(C)C. The molecule has 0 spiro atoms. The van der Waals surface area contributed by atoms with E-state index in [1.54, 1.807) is 47.4 Å². The fourth-order valence-corrected chi connectivity index (χ4v) is 4.17. The van der Waals surface area contributed by atoms with E-state index in [4.69, 9.17) is 16.3 Å². The monoisotopic (exact) mass is 471 g/mol. The molecule has 1 aliphatic heterocycles. The number of ketones is 1. The third-order valence-corrected chi connectivity index (χ3v) is 5.86. The average Bonchev–Trinajstić information content (AvgIpc) is 2.99. The maximum atomic E-state index is 13.1. The van der Waals surface area contributed by atoms with Crippen molar-refractivity contribution in [1.82, 2.24) is 4.90 Å². The standard InChI is InChI=1S/C26H31ClN2O4/c1-16(2)33-21-12-9-19(15-17(21)3)24(30)22-23(18-7-10-20(27)11-8-18)29(26(32)25(22)31)14-6-13-28(4)5/h7-12,15-16,23,30H,6,13-14H2,1-5H3/p+1/t23-/m0/s1. The minimum Gasteiger partial charge on any atom is -0.507 e. The molecule has 1 atom stereocenters. The van der Waals surface area contributed by atoms with Gasteiger partial charge in [-0.05, 0) is 62.2 Å². The van der Waals surface area contributed by atoms with Crippen molar-refractivity contribution in [2.75, 3.05) is 27.2 Å². The highest BCUT2D eigenvalue weighted by Crippen LogP contribution is 2.40. The second-order valence-corrected chi connectivity index (χ2v) is 9.44. The molecule has 1 amide bonds. The molecule has 2 aromatic carbocycles. The van der Waals surface area contributed by atoms with E-state index in [-0.39, 0.29) is 17.4 Å². The maximum Gasteiger partial charge on any atom is 0.295 e. The largest absolute Gasteiger partial charge is 0.507 e. The number of ether oxygens (including phenoxy) is 1. The van der Waals surface area contributed by atoms with Gasteiger partial charge in [-0.25, -0.2) is 0 Å². The van der Waals surface area contributed by atoms with Crippen LogP contribution in [0.3, 0.4) is 0 Å². The lowest BCUT2D eigenvalue weighted by Gasteiger charge is -2.25. The predicted molar refractivity (Wildman–Crippen MR) is 130 cm³/mol. The number of halogens is 1. The molecule has 7 heteroatoms. The average molecular weight is 472 g/mol. The third kappa shape index (κ3) is 5.57. The van der Waals surface area contributed by atoms with Gasteiger partial charge in [-0.1, -0.05) is 23.7 Å². The summed E-state index contributed by atoms with van der Waals surface area (Å²) in [5.74, 6) is -0.748. The molecule has 0 radical (unpaired) electrons. The summed E-state index contributed by atoms with van der Waals surface area (Å²) in [6.45, 7) is 7.04. The second kappa shape index (κ2) is 10.4. The van der Waals surface area contributed by atoms with E-state index >= 15 is 0 Å². The Hall–Kier alpha value is -2.83. The molecule has 176 valence electrons. The molecule has 1 heterocycles. The van der Waals surface area contributed by atoms with Gasteiger partial charge in [0.2, 0.25) is 0 Å². The van der Waals surface area contributed by atoms with Crippen LogP contribution in [0, 0.1) is 6.92 Å². The Bertz CT molecular complexity index is 1060. The molecule has 0 aromatic heterocycles. The van der Waals surface area contributed by atoms with Gasteiger partial charge in [0.1, 0.15) is 11.5 Å². The van der Waals surface area contributed by atoms with Crippen molar-refractivity contribution >= 4 is 29.1 Å². The van der Waals surface area contributed by atoms with Crippen molar-refractivity contribution in [3.8, 4) is 5.75 Å². The normalized spacial score (nSPS) is 17.9. The van der Waals surface area contributed by atoms with E-state index in [2.05, 4.69) is 0 Å². The number of carbonyl (C=O) groups excluding carboxylic acids is 2. The first kappa shape index (κ1) is 24.8. The summed E-state index contributed by atoms with van der Waals surface area (Å²) >= 11 is 6.07. The van der Waals surface area contributed by atoms with Crippen LogP contribution in [0.4, 0.5) is 0 Å². The van der Waals surface area contributed by atoms with Gasteiger partial charge < -0.3 is 19.6 Å². The molecule has 1 fully saturated rings. The lowest BCUT2D eigenvalue weighted by Crippen LogP contribution is -3.05. The number of Topliss-reactive ketones (excluding diaryl/α,β-unsaturated/α-hetero) is 1. The number of aliphatic hydroxyl groups excluding tert-OH is 1. The van der Waals surface area contributed by atoms with Gasteiger partial charge in [0.05, 0.1) is 38.4 Å². The highest BCUT2D eigenvalue weighted by atomic mass is 35.5. The van der Waals surface area contributed by atoms with Crippen LogP contribution in [0.2, 0.25) is 5.02 Å². The van der Waals surface area contributed by atoms with E-state index in [9.17, 15) is 14.7 Å². The van der Waals surface area contributed by atoms with Gasteiger partial charge in [-0.3, -0.25) is 9.59 Å². The van der Waals surface area contributed by atoms with Crippen LogP contribution in [-0.2, 0) is 9.59 Å². The highest BCUT2D eigenvalue weighted by molar-refractivity contribution is 6.46. The number of quaternary nitrogens is 1. The smallest absolute Gasteiger partial charge is 0.295 e. The molecular weight excluding hydrogens is 440 g/mol. The molecule has 1 saturated heterocycles. The lowest BCUT2D eigenvalue weighted by molar-refractivity contribution is -0.858. The van der Waals surface area contributed by atoms with E-state index in [0.717, 1.165) is 24.1 Å². The number of nitrogens with one attached hydrogen (secondary N) is 1. The molecule has 0 bridgehead atoms. The summed E-state index contributed by atoms with van der Waals surface area (Å²) in [5, 5.41) is 11.8. The van der Waals surface area contributed by atoms with Crippen LogP contribution in [0.15, 0.2) is 48.0 Å². The van der Waals surface area contributed by atoms with Crippen molar-refractivity contribution in [1.29, 1.82) is 0 Å². The van der Waals surface area contributed by atoms with Crippen LogP contribution in [-0.4, -0.2) is 55.0 Å². The van der Waals surface area contributed by atoms with E-state index in [1.165, 1.54) is 4.90 Å². The lowest BCUT2D eigenvalue weighted by atomic mass is 9.94. The van der Waals surface area contributed by atoms with Gasteiger partial charge in [0, 0.05) is 23.6 Å². The van der Waals surface area contributed by atoms with Crippen molar-refractivity contribution in [3.05, 3.63) is 69.8 Å². The zero-order valence-corrected chi connectivity index (χ0v) is 20.6. The number of nitrogens with zero attached hydrogens (tertiary/aromatic N) is 1. The number of amides is 1. The fourth-order valence-electron chi connectivity index (χ4n) is 4.04. The van der Waals surface area contributed by atoms with Gasteiger partial charge in [0.15, 0.2) is 0 Å². The highest BCUT2D eigenvalue weighted by Gasteiger charge is 2.45. The Morgan fingerprint density at radius 1 is 1.15 bits per heavy atom. The van der Waals surface area contributed by atoms with Gasteiger partial charge in [0.25, 0.3) is 11.7 Å². The van der Waals surface area contributed by atoms with Crippen molar-refractivity contribution in [2.24, 2.45) is 0 Å². The molecule has 1 aliphatic rings. The van der Waals surface area contributed by atoms with Crippen LogP contribution in [0.5, 0.6) is 5.75 Å². The Balaban J connectivity index is 2.07. The molecule has 2 N–H and O–H groups in total. The predicted octanol–water partition coefficient (Wildman–Crippen LogP) is 3.39. The Morgan fingerprint density at radius 3 is 2.39 bits per heavy atom. The zero-order chi connectivity index (χ0) is 24.3. The first-order valence-corrected chi connectivity index (χ1v) is 11.6. The van der Waals surface area contributed by atoms with Crippen LogP contribution in [0.25, 0.3) is 5.76 Å². The second-order valence-electron chi connectivity index (χ2n) is 9.00. The Morgan fingerprint density at radius 2 is 1.82 bits per heavy atom. The Kier molecular flexibility index (Phi) is 7.82. The number of likely N-dealkylation sites (tertiary alicyclic amines) is 1. The number of aryl methyl sites for hydroxylation is 1. The van der Waals surface area contributed by atoms with Crippen LogP contribution in [0.1, 0.15) is 43.0 Å². The summed E-state index contributed by atoms with van der Waals surface area (Å²) in [4.78, 5) is 28.9. The molecule has 2 aromatic rings. The minimum absolute atomic E-state index is 0.0161. The number of hydrogen-bond donors (Lipinski definition) is 2. The van der Waals surface area contributed by atoms with E-state index in [0.29, 0.717) is 22.9 Å². The Labute approximate surface area is 200 Å². The molecular formula is C26H32ClN2O4+. The maximum absolute atomic E-state index is 13.1. The topological polar surface area (TPSA) is 71.3 Å². The van der Waals surface area contributed by atoms with Crippen molar-refractivity contribution in [2.45, 2.75) is 39.3 Å². The van der Waals surface area contributed by atoms with E-state index < -0.39 is 17.7 Å². The minimum atomic E-state index is -0.676. The molecule has 6 nitrogen and oxygen atoms in total. The third-order valence-electron chi connectivity index (χ3n) is 5.61. The van der Waals surface area contributed by atoms with Gasteiger partial charge in [-0.15, -0.1) is 0 Å². The van der Waals surface area contributed by atoms with Crippen LogP contribution >= 0.6 is 11.6 Å². The molecule has 0 unspecified atom stereocenters. The number of hydrogen-bond acceptors (Lipinski definition) is 4. The summed E-state index contributed by atoms with van der Waals surface area (Å²) in [6, 6.07) is 11.6. The quantitative estimate of drug-likeness (QED) is 0.352. The first-order chi connectivity index (χ1) is 15.6. The molecule has 3 rings (SSSR count). The summed E-state index contributed by atoms with van der Waals surface area (Å²) in [7, 11) is 4.08. The van der Waals surface area contributed by atoms with Crippen LogP contribution < -0.4 is 9.64 Å². The summed E-state index contributed by atoms with van der Waals surface area (Å²) in [5.41, 5.74) is 2.13. The molecule has 33 heavy (non-hydrogen) atoms. The zero-order valence-electron chi connectivity index (χ0n) is 19.8.